The van der Waals surface area contributed by atoms with Crippen molar-refractivity contribution in [3.63, 3.8) is 0 Å². The third-order valence-electron chi connectivity index (χ3n) is 6.59. The van der Waals surface area contributed by atoms with E-state index in [1.54, 1.807) is 42.5 Å². The number of urea groups is 1. The van der Waals surface area contributed by atoms with E-state index in [9.17, 15) is 22.8 Å². The summed E-state index contributed by atoms with van der Waals surface area (Å²) < 4.78 is 37.2. The maximum Gasteiger partial charge on any atom is 0.317 e. The molecule has 2 aromatic carbocycles. The van der Waals surface area contributed by atoms with Crippen LogP contribution in [0.3, 0.4) is 0 Å². The van der Waals surface area contributed by atoms with E-state index in [1.165, 1.54) is 4.90 Å². The monoisotopic (exact) mass is 570 g/mol. The summed E-state index contributed by atoms with van der Waals surface area (Å²) in [5.74, 6) is -1.10. The van der Waals surface area contributed by atoms with Gasteiger partial charge in [-0.2, -0.15) is 0 Å². The van der Waals surface area contributed by atoms with Crippen LogP contribution in [0, 0.1) is 0 Å². The molecule has 0 radical (unpaired) electrons. The molecule has 3 aromatic rings. The summed E-state index contributed by atoms with van der Waals surface area (Å²) in [5, 5.41) is 3.86. The molecule has 40 heavy (non-hydrogen) atoms. The lowest BCUT2D eigenvalue weighted by atomic mass is 10.1. The molecule has 1 atom stereocenters. The molecule has 0 bridgehead atoms. The number of oxazole rings is 1. The number of carbonyl (C=O) groups is 3. The van der Waals surface area contributed by atoms with Crippen molar-refractivity contribution in [1.82, 2.24) is 20.5 Å². The number of amides is 3. The molecule has 11 nitrogen and oxygen atoms in total. The van der Waals surface area contributed by atoms with Crippen LogP contribution in [0.1, 0.15) is 41.9 Å². The van der Waals surface area contributed by atoms with Crippen molar-refractivity contribution < 1.29 is 32.0 Å². The Hall–Kier alpha value is -3.77. The molecular formula is C28H34N4O7S. The number of carbonyl (C=O) groups excluding carboxylic acids is 3. The number of ketones is 1. The average molecular weight is 571 g/mol. The van der Waals surface area contributed by atoms with Gasteiger partial charge >= 0.3 is 6.03 Å². The summed E-state index contributed by atoms with van der Waals surface area (Å²) in [6.07, 6.45) is 2.01. The van der Waals surface area contributed by atoms with Gasteiger partial charge in [-0.3, -0.25) is 9.59 Å². The highest BCUT2D eigenvalue weighted by Crippen LogP contribution is 2.17. The molecule has 3 amide bonds. The van der Waals surface area contributed by atoms with Crippen LogP contribution in [0.15, 0.2) is 59.0 Å². The molecule has 12 heteroatoms. The highest BCUT2D eigenvalue weighted by Gasteiger charge is 2.33. The van der Waals surface area contributed by atoms with Crippen LogP contribution in [0.5, 0.6) is 0 Å². The van der Waals surface area contributed by atoms with E-state index in [2.05, 4.69) is 15.6 Å². The third kappa shape index (κ3) is 8.12. The molecule has 1 fully saturated rings. The van der Waals surface area contributed by atoms with E-state index in [4.69, 9.17) is 9.15 Å². The minimum Gasteiger partial charge on any atom is -0.434 e. The standard InChI is InChI=1S/C28H34N4O7S/c33-23(27-31-22-11-6-7-13-24(22)39-27)12-5-2-8-14-29-26(34)25(19-30-28(35)32-15-17-38-18-16-32)40(36,37)20-21-9-3-1-4-10-21/h1,3-4,6-7,9-11,13,25H,2,5,8,12,14-20H2,(H,29,34)(H,30,35). The second-order valence-corrected chi connectivity index (χ2v) is 11.8. The number of benzene rings is 2. The van der Waals surface area contributed by atoms with Gasteiger partial charge < -0.3 is 24.7 Å². The fraction of sp³-hybridized carbons (Fsp3) is 0.429. The molecule has 0 spiro atoms. The maximum absolute atomic E-state index is 13.2. The van der Waals surface area contributed by atoms with Crippen LogP contribution in [0.25, 0.3) is 11.1 Å². The van der Waals surface area contributed by atoms with Gasteiger partial charge in [-0.25, -0.2) is 18.2 Å². The van der Waals surface area contributed by atoms with Crippen molar-refractivity contribution in [2.45, 2.75) is 36.7 Å². The normalized spacial score (nSPS) is 14.6. The fourth-order valence-corrected chi connectivity index (χ4v) is 5.96. The Morgan fingerprint density at radius 2 is 1.65 bits per heavy atom. The topological polar surface area (TPSA) is 148 Å². The predicted octanol–water partition coefficient (Wildman–Crippen LogP) is 2.71. The van der Waals surface area contributed by atoms with Crippen molar-refractivity contribution in [1.29, 1.82) is 0 Å². The lowest BCUT2D eigenvalue weighted by Gasteiger charge is -2.27. The summed E-state index contributed by atoms with van der Waals surface area (Å²) in [5.41, 5.74) is 1.75. The minimum atomic E-state index is -3.93. The first kappa shape index (κ1) is 29.2. The van der Waals surface area contributed by atoms with Crippen LogP contribution in [0.4, 0.5) is 4.79 Å². The summed E-state index contributed by atoms with van der Waals surface area (Å²) in [7, 11) is -3.93. The molecule has 2 heterocycles. The highest BCUT2D eigenvalue weighted by molar-refractivity contribution is 7.92. The SMILES string of the molecule is O=C(CCCCCNC(=O)C(CNC(=O)N1CCOCC1)S(=O)(=O)Cc1ccccc1)c1nc2ccccc2o1. The lowest BCUT2D eigenvalue weighted by Crippen LogP contribution is -2.52. The van der Waals surface area contributed by atoms with Gasteiger partial charge in [0.05, 0.1) is 19.0 Å². The van der Waals surface area contributed by atoms with Gasteiger partial charge in [-0.15, -0.1) is 0 Å². The smallest absolute Gasteiger partial charge is 0.317 e. The van der Waals surface area contributed by atoms with E-state index >= 15 is 0 Å². The van der Waals surface area contributed by atoms with Gasteiger partial charge in [0.2, 0.25) is 11.7 Å². The van der Waals surface area contributed by atoms with Crippen molar-refractivity contribution in [2.24, 2.45) is 0 Å². The minimum absolute atomic E-state index is 0.0834. The Morgan fingerprint density at radius 1 is 0.925 bits per heavy atom. The zero-order valence-corrected chi connectivity index (χ0v) is 23.0. The van der Waals surface area contributed by atoms with Crippen LogP contribution >= 0.6 is 0 Å². The molecule has 1 aliphatic heterocycles. The van der Waals surface area contributed by atoms with Crippen molar-refractivity contribution >= 4 is 38.7 Å². The number of hydrogen-bond donors (Lipinski definition) is 2. The molecule has 0 saturated carbocycles. The molecule has 214 valence electrons. The highest BCUT2D eigenvalue weighted by atomic mass is 32.2. The number of fused-ring (bicyclic) bond motifs is 1. The molecule has 1 aliphatic rings. The zero-order valence-electron chi connectivity index (χ0n) is 22.2. The first-order valence-electron chi connectivity index (χ1n) is 13.4. The van der Waals surface area contributed by atoms with E-state index in [0.29, 0.717) is 62.2 Å². The second-order valence-electron chi connectivity index (χ2n) is 9.58. The van der Waals surface area contributed by atoms with Crippen LogP contribution in [0.2, 0.25) is 0 Å². The van der Waals surface area contributed by atoms with Gasteiger partial charge in [0.1, 0.15) is 5.52 Å². The Balaban J connectivity index is 1.26. The van der Waals surface area contributed by atoms with Crippen molar-refractivity contribution in [2.75, 3.05) is 39.4 Å². The third-order valence-corrected chi connectivity index (χ3v) is 8.57. The van der Waals surface area contributed by atoms with Crippen LogP contribution < -0.4 is 10.6 Å². The van der Waals surface area contributed by atoms with Gasteiger partial charge in [0.25, 0.3) is 5.89 Å². The number of nitrogens with one attached hydrogen (secondary N) is 2. The molecule has 2 N–H and O–H groups in total. The summed E-state index contributed by atoms with van der Waals surface area (Å²) in [6, 6.07) is 15.3. The lowest BCUT2D eigenvalue weighted by molar-refractivity contribution is -0.120. The Kier molecular flexibility index (Phi) is 10.3. The first-order valence-corrected chi connectivity index (χ1v) is 15.1. The number of para-hydroxylation sites is 2. The second kappa shape index (κ2) is 14.0. The number of hydrogen-bond acceptors (Lipinski definition) is 8. The summed E-state index contributed by atoms with van der Waals surface area (Å²) in [6.45, 7) is 1.51. The Labute approximate surface area is 233 Å². The quantitative estimate of drug-likeness (QED) is 0.235. The number of ether oxygens (including phenoxy) is 1. The number of rotatable bonds is 13. The number of morpholine rings is 1. The number of sulfone groups is 1. The molecule has 0 aliphatic carbocycles. The maximum atomic E-state index is 13.2. The first-order chi connectivity index (χ1) is 19.3. The largest absolute Gasteiger partial charge is 0.434 e. The van der Waals surface area contributed by atoms with E-state index in [1.807, 2.05) is 12.1 Å². The predicted molar refractivity (Wildman–Crippen MR) is 148 cm³/mol. The van der Waals surface area contributed by atoms with Gasteiger partial charge in [0.15, 0.2) is 20.7 Å². The average Bonchev–Trinajstić information content (AvgIpc) is 3.40. The van der Waals surface area contributed by atoms with Crippen molar-refractivity contribution in [3.8, 4) is 0 Å². The zero-order chi connectivity index (χ0) is 28.4. The van der Waals surface area contributed by atoms with Gasteiger partial charge in [0, 0.05) is 32.6 Å². The number of nitrogens with zero attached hydrogens (tertiary/aromatic N) is 2. The Morgan fingerprint density at radius 3 is 2.40 bits per heavy atom. The number of unbranched alkanes of at least 4 members (excludes halogenated alkanes) is 2. The number of Topliss-reactive ketones (excluding diaryl/α,β-unsaturated/α-hetero) is 1. The van der Waals surface area contributed by atoms with E-state index < -0.39 is 27.0 Å². The molecule has 1 aromatic heterocycles. The molecule has 1 unspecified atom stereocenters. The van der Waals surface area contributed by atoms with Crippen LogP contribution in [-0.4, -0.2) is 80.7 Å². The van der Waals surface area contributed by atoms with E-state index in [0.717, 1.165) is 0 Å². The Bertz CT molecular complexity index is 1370. The van der Waals surface area contributed by atoms with E-state index in [-0.39, 0.29) is 36.9 Å². The molecular weight excluding hydrogens is 536 g/mol. The molecule has 1 saturated heterocycles. The summed E-state index contributed by atoms with van der Waals surface area (Å²) in [4.78, 5) is 43.7. The summed E-state index contributed by atoms with van der Waals surface area (Å²) >= 11 is 0. The molecule has 4 rings (SSSR count). The number of aromatic nitrogens is 1. The fourth-order valence-electron chi connectivity index (χ4n) is 4.36. The van der Waals surface area contributed by atoms with Gasteiger partial charge in [-0.05, 0) is 30.5 Å². The van der Waals surface area contributed by atoms with Crippen LogP contribution in [-0.2, 0) is 25.1 Å². The van der Waals surface area contributed by atoms with Gasteiger partial charge in [-0.1, -0.05) is 48.9 Å². The van der Waals surface area contributed by atoms with Crippen molar-refractivity contribution in [3.05, 3.63) is 66.1 Å².